The van der Waals surface area contributed by atoms with E-state index in [-0.39, 0.29) is 31.2 Å². The molecule has 0 amide bonds. The third-order valence-electron chi connectivity index (χ3n) is 2.58. The molecule has 0 bridgehead atoms. The zero-order valence-corrected chi connectivity index (χ0v) is 13.1. The van der Waals surface area contributed by atoms with Crippen molar-refractivity contribution in [2.24, 2.45) is 5.41 Å². The highest BCUT2D eigenvalue weighted by Gasteiger charge is 2.49. The van der Waals surface area contributed by atoms with Gasteiger partial charge in [0, 0.05) is 6.42 Å². The van der Waals surface area contributed by atoms with Gasteiger partial charge in [-0.15, -0.1) is 6.58 Å². The number of allylic oxidation sites excluding steroid dienone is 1. The summed E-state index contributed by atoms with van der Waals surface area (Å²) in [4.78, 5) is 36.2. The number of hydrogen-bond acceptors (Lipinski definition) is 6. The normalized spacial score (nSPS) is 10.8. The van der Waals surface area contributed by atoms with E-state index in [9.17, 15) is 14.4 Å². The molecule has 0 fully saturated rings. The quantitative estimate of drug-likeness (QED) is 0.370. The molecular formula is C14H22O5S. The van der Waals surface area contributed by atoms with Gasteiger partial charge in [-0.2, -0.15) is 0 Å². The smallest absolute Gasteiger partial charge is 0.324 e. The molecule has 0 radical (unpaired) electrons. The van der Waals surface area contributed by atoms with Crippen LogP contribution in [0.2, 0.25) is 0 Å². The predicted molar refractivity (Wildman–Crippen MR) is 78.3 cm³/mol. The molecule has 0 aromatic heterocycles. The molecule has 0 saturated heterocycles. The van der Waals surface area contributed by atoms with Gasteiger partial charge < -0.3 is 9.47 Å². The molecule has 0 aliphatic heterocycles. The van der Waals surface area contributed by atoms with Gasteiger partial charge in [0.2, 0.25) is 0 Å². The summed E-state index contributed by atoms with van der Waals surface area (Å²) in [7, 11) is 0. The molecule has 0 aromatic rings. The summed E-state index contributed by atoms with van der Waals surface area (Å²) in [5.74, 6) is -0.888. The maximum atomic E-state index is 12.2. The molecule has 114 valence electrons. The average molecular weight is 302 g/mol. The minimum absolute atomic E-state index is 0.0146. The Kier molecular flexibility index (Phi) is 8.96. The Morgan fingerprint density at radius 2 is 1.60 bits per heavy atom. The van der Waals surface area contributed by atoms with E-state index in [1.165, 1.54) is 6.08 Å². The van der Waals surface area contributed by atoms with Crippen molar-refractivity contribution in [3.8, 4) is 0 Å². The molecule has 0 atom stereocenters. The number of carbonyl (C=O) groups excluding carboxylic acids is 3. The Hall–Kier alpha value is -1.30. The first-order valence-corrected chi connectivity index (χ1v) is 7.57. The predicted octanol–water partition coefficient (Wildman–Crippen LogP) is 2.34. The van der Waals surface area contributed by atoms with Crippen LogP contribution in [0.5, 0.6) is 0 Å². The van der Waals surface area contributed by atoms with Crippen LogP contribution >= 0.6 is 11.8 Å². The lowest BCUT2D eigenvalue weighted by molar-refractivity contribution is -0.173. The second kappa shape index (κ2) is 9.58. The first-order valence-electron chi connectivity index (χ1n) is 6.59. The zero-order valence-electron chi connectivity index (χ0n) is 12.3. The van der Waals surface area contributed by atoms with E-state index >= 15 is 0 Å². The second-order valence-electron chi connectivity index (χ2n) is 4.00. The van der Waals surface area contributed by atoms with Gasteiger partial charge in [0.15, 0.2) is 10.5 Å². The molecule has 6 heteroatoms. The van der Waals surface area contributed by atoms with Crippen molar-refractivity contribution >= 4 is 28.8 Å². The molecule has 5 nitrogen and oxygen atoms in total. The summed E-state index contributed by atoms with van der Waals surface area (Å²) < 4.78 is 9.91. The number of esters is 2. The fraction of sp³-hybridized carbons (Fsp3) is 0.643. The van der Waals surface area contributed by atoms with Gasteiger partial charge in [-0.05, 0) is 26.0 Å². The third-order valence-corrected chi connectivity index (χ3v) is 3.33. The number of rotatable bonds is 9. The molecule has 0 aliphatic carbocycles. The summed E-state index contributed by atoms with van der Waals surface area (Å²) in [5.41, 5.74) is -1.62. The van der Waals surface area contributed by atoms with Crippen molar-refractivity contribution < 1.29 is 23.9 Å². The minimum Gasteiger partial charge on any atom is -0.465 e. The Bertz CT molecular complexity index is 347. The van der Waals surface area contributed by atoms with Crippen LogP contribution in [-0.4, -0.2) is 36.0 Å². The van der Waals surface area contributed by atoms with Gasteiger partial charge in [0.25, 0.3) is 0 Å². The van der Waals surface area contributed by atoms with Crippen molar-refractivity contribution in [1.82, 2.24) is 0 Å². The number of hydrogen-bond donors (Lipinski definition) is 0. The summed E-state index contributed by atoms with van der Waals surface area (Å²) >= 11 is 1.07. The van der Waals surface area contributed by atoms with Crippen LogP contribution in [0.3, 0.4) is 0 Å². The monoisotopic (exact) mass is 302 g/mol. The van der Waals surface area contributed by atoms with Gasteiger partial charge in [0.05, 0.1) is 13.2 Å². The highest BCUT2D eigenvalue weighted by molar-refractivity contribution is 8.13. The lowest BCUT2D eigenvalue weighted by Gasteiger charge is -2.27. The Labute approximate surface area is 124 Å². The van der Waals surface area contributed by atoms with Crippen LogP contribution in [-0.2, 0) is 23.9 Å². The van der Waals surface area contributed by atoms with Crippen molar-refractivity contribution in [3.63, 3.8) is 0 Å². The van der Waals surface area contributed by atoms with E-state index in [1.807, 2.05) is 6.92 Å². The summed E-state index contributed by atoms with van der Waals surface area (Å²) in [6.45, 7) is 8.92. The number of thioether (sulfide) groups is 1. The molecule has 0 N–H and O–H groups in total. The van der Waals surface area contributed by atoms with Gasteiger partial charge in [0.1, 0.15) is 0 Å². The third kappa shape index (κ3) is 5.00. The fourth-order valence-corrected chi connectivity index (χ4v) is 2.38. The van der Waals surface area contributed by atoms with E-state index in [2.05, 4.69) is 6.58 Å². The second-order valence-corrected chi connectivity index (χ2v) is 5.32. The molecule has 0 rings (SSSR count). The van der Waals surface area contributed by atoms with Crippen LogP contribution in [0.25, 0.3) is 0 Å². The molecule has 0 aliphatic rings. The summed E-state index contributed by atoms with van der Waals surface area (Å²) in [5, 5.41) is -0.240. The summed E-state index contributed by atoms with van der Waals surface area (Å²) in [6.07, 6.45) is 1.20. The van der Waals surface area contributed by atoms with Gasteiger partial charge in [-0.25, -0.2) is 0 Å². The topological polar surface area (TPSA) is 69.7 Å². The first kappa shape index (κ1) is 18.7. The van der Waals surface area contributed by atoms with E-state index in [4.69, 9.17) is 9.47 Å². The van der Waals surface area contributed by atoms with Crippen molar-refractivity contribution in [3.05, 3.63) is 12.7 Å². The molecule has 0 spiro atoms. The minimum atomic E-state index is -1.62. The van der Waals surface area contributed by atoms with Crippen LogP contribution in [0.4, 0.5) is 0 Å². The standard InChI is InChI=1S/C14H22O5S/c1-5-9-14(12(16)18-6-2,13(17)19-7-3)10-11(15)20-8-4/h5H,1,6-10H2,2-4H3. The van der Waals surface area contributed by atoms with Crippen LogP contribution in [0.15, 0.2) is 12.7 Å². The fourth-order valence-electron chi connectivity index (χ4n) is 1.71. The van der Waals surface area contributed by atoms with Gasteiger partial charge >= 0.3 is 11.9 Å². The highest BCUT2D eigenvalue weighted by atomic mass is 32.2. The SMILES string of the molecule is C=CCC(CC(=O)SCC)(C(=O)OCC)C(=O)OCC. The zero-order chi connectivity index (χ0) is 15.6. The molecule has 0 heterocycles. The van der Waals surface area contributed by atoms with E-state index < -0.39 is 17.4 Å². The van der Waals surface area contributed by atoms with E-state index in [0.717, 1.165) is 11.8 Å². The molecule has 0 unspecified atom stereocenters. The Morgan fingerprint density at radius 1 is 1.10 bits per heavy atom. The van der Waals surface area contributed by atoms with Crippen molar-refractivity contribution in [2.45, 2.75) is 33.6 Å². The van der Waals surface area contributed by atoms with Crippen molar-refractivity contribution in [1.29, 1.82) is 0 Å². The number of ether oxygens (including phenoxy) is 2. The Morgan fingerprint density at radius 3 is 1.95 bits per heavy atom. The molecular weight excluding hydrogens is 280 g/mol. The molecule has 20 heavy (non-hydrogen) atoms. The van der Waals surface area contributed by atoms with Crippen molar-refractivity contribution in [2.75, 3.05) is 19.0 Å². The Balaban J connectivity index is 5.41. The van der Waals surface area contributed by atoms with Gasteiger partial charge in [-0.3, -0.25) is 14.4 Å². The largest absolute Gasteiger partial charge is 0.465 e. The molecule has 0 aromatic carbocycles. The van der Waals surface area contributed by atoms with Gasteiger partial charge in [-0.1, -0.05) is 24.8 Å². The lowest BCUT2D eigenvalue weighted by atomic mass is 9.81. The highest BCUT2D eigenvalue weighted by Crippen LogP contribution is 2.33. The van der Waals surface area contributed by atoms with Crippen LogP contribution in [0.1, 0.15) is 33.6 Å². The maximum absolute atomic E-state index is 12.2. The van der Waals surface area contributed by atoms with Crippen LogP contribution < -0.4 is 0 Å². The van der Waals surface area contributed by atoms with Crippen LogP contribution in [0, 0.1) is 5.41 Å². The maximum Gasteiger partial charge on any atom is 0.324 e. The number of carbonyl (C=O) groups is 3. The summed E-state index contributed by atoms with van der Waals surface area (Å²) in [6, 6.07) is 0. The van der Waals surface area contributed by atoms with E-state index in [0.29, 0.717) is 5.75 Å². The van der Waals surface area contributed by atoms with E-state index in [1.54, 1.807) is 13.8 Å². The first-order chi connectivity index (χ1) is 9.48. The average Bonchev–Trinajstić information content (AvgIpc) is 2.38. The lowest BCUT2D eigenvalue weighted by Crippen LogP contribution is -2.43. The molecule has 0 saturated carbocycles.